The van der Waals surface area contributed by atoms with E-state index in [-0.39, 0.29) is 11.6 Å². The number of aryl methyl sites for hydroxylation is 2. The first-order valence-electron chi connectivity index (χ1n) is 6.30. The van der Waals surface area contributed by atoms with E-state index in [4.69, 9.17) is 5.11 Å². The molecule has 0 aliphatic carbocycles. The average Bonchev–Trinajstić information content (AvgIpc) is 2.37. The molecule has 2 rings (SSSR count). The van der Waals surface area contributed by atoms with Crippen LogP contribution in [-0.2, 0) is 0 Å². The molecule has 0 saturated heterocycles. The number of amides is 1. The van der Waals surface area contributed by atoms with Crippen molar-refractivity contribution in [2.75, 3.05) is 5.32 Å². The van der Waals surface area contributed by atoms with Gasteiger partial charge in [0.2, 0.25) is 0 Å². The van der Waals surface area contributed by atoms with Gasteiger partial charge in [0, 0.05) is 11.3 Å². The lowest BCUT2D eigenvalue weighted by Gasteiger charge is -2.11. The normalized spacial score (nSPS) is 10.2. The molecule has 0 saturated carbocycles. The topological polar surface area (TPSA) is 66.4 Å². The molecule has 4 nitrogen and oxygen atoms in total. The van der Waals surface area contributed by atoms with E-state index in [1.165, 1.54) is 6.07 Å². The lowest BCUT2D eigenvalue weighted by molar-refractivity contribution is 0.0692. The Morgan fingerprint density at radius 3 is 2.24 bits per heavy atom. The number of carbonyl (C=O) groups excluding carboxylic acids is 1. The van der Waals surface area contributed by atoms with Gasteiger partial charge in [-0.1, -0.05) is 18.2 Å². The van der Waals surface area contributed by atoms with Gasteiger partial charge in [0.25, 0.3) is 5.91 Å². The fourth-order valence-electron chi connectivity index (χ4n) is 2.13. The van der Waals surface area contributed by atoms with E-state index >= 15 is 0 Å². The third-order valence-electron chi connectivity index (χ3n) is 3.17. The minimum atomic E-state index is -1.35. The zero-order valence-corrected chi connectivity index (χ0v) is 11.6. The number of carboxylic acid groups (broad SMARTS) is 1. The van der Waals surface area contributed by atoms with E-state index in [0.717, 1.165) is 23.3 Å². The third kappa shape index (κ3) is 3.08. The number of hydrogen-bond acceptors (Lipinski definition) is 2. The summed E-state index contributed by atoms with van der Waals surface area (Å²) >= 11 is 0. The number of nitrogens with one attached hydrogen (secondary N) is 1. The SMILES string of the molecule is Cc1cccc(C)c1C(=O)Nc1ccc(C(=O)O)c(F)c1. The number of halogens is 1. The summed E-state index contributed by atoms with van der Waals surface area (Å²) in [7, 11) is 0. The van der Waals surface area contributed by atoms with Gasteiger partial charge in [-0.15, -0.1) is 0 Å². The summed E-state index contributed by atoms with van der Waals surface area (Å²) in [5, 5.41) is 11.3. The maximum atomic E-state index is 13.6. The van der Waals surface area contributed by atoms with Crippen LogP contribution in [0.5, 0.6) is 0 Å². The van der Waals surface area contributed by atoms with Crippen LogP contribution in [0.15, 0.2) is 36.4 Å². The molecule has 0 aliphatic heterocycles. The molecule has 0 heterocycles. The monoisotopic (exact) mass is 287 g/mol. The lowest BCUT2D eigenvalue weighted by Crippen LogP contribution is -2.15. The first-order chi connectivity index (χ1) is 9.90. The van der Waals surface area contributed by atoms with Gasteiger partial charge in [0.05, 0.1) is 5.56 Å². The molecule has 0 radical (unpaired) electrons. The molecule has 0 bridgehead atoms. The maximum absolute atomic E-state index is 13.6. The van der Waals surface area contributed by atoms with Crippen molar-refractivity contribution in [2.24, 2.45) is 0 Å². The Kier molecular flexibility index (Phi) is 4.03. The number of carboxylic acids is 1. The van der Waals surface area contributed by atoms with Crippen molar-refractivity contribution in [3.8, 4) is 0 Å². The maximum Gasteiger partial charge on any atom is 0.338 e. The lowest BCUT2D eigenvalue weighted by atomic mass is 10.0. The smallest absolute Gasteiger partial charge is 0.338 e. The van der Waals surface area contributed by atoms with Crippen LogP contribution in [0.3, 0.4) is 0 Å². The Bertz CT molecular complexity index is 705. The Balaban J connectivity index is 2.28. The van der Waals surface area contributed by atoms with E-state index in [2.05, 4.69) is 5.32 Å². The molecule has 2 N–H and O–H groups in total. The second-order valence-electron chi connectivity index (χ2n) is 4.72. The van der Waals surface area contributed by atoms with Crippen molar-refractivity contribution in [1.29, 1.82) is 0 Å². The first-order valence-corrected chi connectivity index (χ1v) is 6.30. The molecule has 5 heteroatoms. The summed E-state index contributed by atoms with van der Waals surface area (Å²) in [6, 6.07) is 8.96. The van der Waals surface area contributed by atoms with Gasteiger partial charge in [-0.2, -0.15) is 0 Å². The van der Waals surface area contributed by atoms with Crippen LogP contribution in [0.4, 0.5) is 10.1 Å². The molecule has 2 aromatic carbocycles. The van der Waals surface area contributed by atoms with Crippen LogP contribution < -0.4 is 5.32 Å². The third-order valence-corrected chi connectivity index (χ3v) is 3.17. The van der Waals surface area contributed by atoms with Crippen molar-refractivity contribution in [1.82, 2.24) is 0 Å². The van der Waals surface area contributed by atoms with Gasteiger partial charge in [0.1, 0.15) is 5.82 Å². The van der Waals surface area contributed by atoms with E-state index in [1.807, 2.05) is 32.0 Å². The second-order valence-corrected chi connectivity index (χ2v) is 4.72. The predicted octanol–water partition coefficient (Wildman–Crippen LogP) is 3.39. The highest BCUT2D eigenvalue weighted by atomic mass is 19.1. The standard InChI is InChI=1S/C16H14FNO3/c1-9-4-3-5-10(2)14(9)15(19)18-11-6-7-12(16(20)21)13(17)8-11/h3-8H,1-2H3,(H,18,19)(H,20,21). The van der Waals surface area contributed by atoms with Crippen LogP contribution in [0, 0.1) is 19.7 Å². The molecule has 0 aliphatic rings. The molecular formula is C16H14FNO3. The molecule has 1 amide bonds. The fourth-order valence-corrected chi connectivity index (χ4v) is 2.13. The summed E-state index contributed by atoms with van der Waals surface area (Å²) in [5.74, 6) is -2.59. The second kappa shape index (κ2) is 5.75. The number of anilines is 1. The molecular weight excluding hydrogens is 273 g/mol. The van der Waals surface area contributed by atoms with Gasteiger partial charge in [-0.25, -0.2) is 9.18 Å². The summed E-state index contributed by atoms with van der Waals surface area (Å²) in [6.45, 7) is 3.63. The van der Waals surface area contributed by atoms with Gasteiger partial charge in [-0.3, -0.25) is 4.79 Å². The number of benzene rings is 2. The largest absolute Gasteiger partial charge is 0.478 e. The number of hydrogen-bond donors (Lipinski definition) is 2. The van der Waals surface area contributed by atoms with Crippen molar-refractivity contribution in [3.63, 3.8) is 0 Å². The fraction of sp³-hybridized carbons (Fsp3) is 0.125. The molecule has 2 aromatic rings. The highest BCUT2D eigenvalue weighted by molar-refractivity contribution is 6.06. The van der Waals surface area contributed by atoms with Crippen molar-refractivity contribution < 1.29 is 19.1 Å². The van der Waals surface area contributed by atoms with Crippen LogP contribution >= 0.6 is 0 Å². The Labute approximate surface area is 121 Å². The zero-order valence-electron chi connectivity index (χ0n) is 11.6. The quantitative estimate of drug-likeness (QED) is 0.909. The van der Waals surface area contributed by atoms with Crippen LogP contribution in [0.1, 0.15) is 31.8 Å². The number of aromatic carboxylic acids is 1. The molecule has 21 heavy (non-hydrogen) atoms. The van der Waals surface area contributed by atoms with Crippen molar-refractivity contribution in [2.45, 2.75) is 13.8 Å². The minimum Gasteiger partial charge on any atom is -0.478 e. The minimum absolute atomic E-state index is 0.213. The van der Waals surface area contributed by atoms with E-state index in [0.29, 0.717) is 5.56 Å². The molecule has 0 unspecified atom stereocenters. The Morgan fingerprint density at radius 2 is 1.71 bits per heavy atom. The Hall–Kier alpha value is -2.69. The number of carbonyl (C=O) groups is 2. The van der Waals surface area contributed by atoms with E-state index < -0.39 is 17.3 Å². The van der Waals surface area contributed by atoms with Gasteiger partial charge >= 0.3 is 5.97 Å². The summed E-state index contributed by atoms with van der Waals surface area (Å²) in [5.41, 5.74) is 1.94. The highest BCUT2D eigenvalue weighted by Crippen LogP contribution is 2.18. The van der Waals surface area contributed by atoms with Crippen molar-refractivity contribution in [3.05, 3.63) is 64.5 Å². The predicted molar refractivity (Wildman–Crippen MR) is 77.2 cm³/mol. The summed E-state index contributed by atoms with van der Waals surface area (Å²) < 4.78 is 13.6. The van der Waals surface area contributed by atoms with Crippen LogP contribution in [0.25, 0.3) is 0 Å². The average molecular weight is 287 g/mol. The Morgan fingerprint density at radius 1 is 1.10 bits per heavy atom. The molecule has 0 atom stereocenters. The van der Waals surface area contributed by atoms with Gasteiger partial charge < -0.3 is 10.4 Å². The molecule has 108 valence electrons. The van der Waals surface area contributed by atoms with Crippen LogP contribution in [0.2, 0.25) is 0 Å². The van der Waals surface area contributed by atoms with E-state index in [1.54, 1.807) is 0 Å². The van der Waals surface area contributed by atoms with Gasteiger partial charge in [0.15, 0.2) is 0 Å². The zero-order chi connectivity index (χ0) is 15.6. The van der Waals surface area contributed by atoms with E-state index in [9.17, 15) is 14.0 Å². The molecule has 0 spiro atoms. The van der Waals surface area contributed by atoms with Gasteiger partial charge in [-0.05, 0) is 43.2 Å². The molecule has 0 fully saturated rings. The van der Waals surface area contributed by atoms with Crippen molar-refractivity contribution >= 4 is 17.6 Å². The first kappa shape index (κ1) is 14.7. The molecule has 0 aromatic heterocycles. The number of rotatable bonds is 3. The summed E-state index contributed by atoms with van der Waals surface area (Å²) in [4.78, 5) is 23.0. The highest BCUT2D eigenvalue weighted by Gasteiger charge is 2.14. The summed E-state index contributed by atoms with van der Waals surface area (Å²) in [6.07, 6.45) is 0. The van der Waals surface area contributed by atoms with Crippen LogP contribution in [-0.4, -0.2) is 17.0 Å².